The Morgan fingerprint density at radius 2 is 2.25 bits per heavy atom. The highest BCUT2D eigenvalue weighted by atomic mass is 16.5. The van der Waals surface area contributed by atoms with Crippen molar-refractivity contribution in [3.8, 4) is 0 Å². The monoisotopic (exact) mass is 171 g/mol. The molecule has 70 valence electrons. The van der Waals surface area contributed by atoms with E-state index in [-0.39, 0.29) is 6.09 Å². The van der Waals surface area contributed by atoms with Crippen molar-refractivity contribution in [2.24, 2.45) is 11.8 Å². The molecule has 0 bridgehead atoms. The summed E-state index contributed by atoms with van der Waals surface area (Å²) in [5, 5.41) is 0. The molecule has 0 aromatic rings. The summed E-state index contributed by atoms with van der Waals surface area (Å²) >= 11 is 0. The van der Waals surface area contributed by atoms with Crippen LogP contribution in [0.15, 0.2) is 0 Å². The Bertz CT molecular complexity index is 168. The van der Waals surface area contributed by atoms with Crippen LogP contribution in [0.3, 0.4) is 0 Å². The van der Waals surface area contributed by atoms with Gasteiger partial charge in [0.2, 0.25) is 0 Å². The number of nitrogens with zero attached hydrogens (tertiary/aromatic N) is 1. The number of hydrogen-bond donors (Lipinski definition) is 0. The standard InChI is InChI=1S/C9H17NO2/c1-7(2)8-4-5-10(6-8)9(11)12-3/h7-8H,4-6H2,1-3H3/t8-/m1/s1. The molecule has 0 spiro atoms. The third kappa shape index (κ3) is 1.90. The molecule has 1 atom stereocenters. The zero-order valence-corrected chi connectivity index (χ0v) is 8.04. The smallest absolute Gasteiger partial charge is 0.409 e. The second-order valence-electron chi connectivity index (χ2n) is 3.71. The van der Waals surface area contributed by atoms with Crippen LogP contribution in [0.1, 0.15) is 20.3 Å². The Kier molecular flexibility index (Phi) is 2.95. The number of rotatable bonds is 1. The van der Waals surface area contributed by atoms with Crippen LogP contribution in [-0.2, 0) is 4.74 Å². The molecule has 1 amide bonds. The average molecular weight is 171 g/mol. The van der Waals surface area contributed by atoms with E-state index in [1.807, 2.05) is 0 Å². The van der Waals surface area contributed by atoms with Crippen LogP contribution in [0.4, 0.5) is 4.79 Å². The van der Waals surface area contributed by atoms with Crippen molar-refractivity contribution in [2.75, 3.05) is 20.2 Å². The lowest BCUT2D eigenvalue weighted by atomic mass is 9.95. The van der Waals surface area contributed by atoms with Gasteiger partial charge < -0.3 is 9.64 Å². The molecule has 0 N–H and O–H groups in total. The third-order valence-corrected chi connectivity index (χ3v) is 2.60. The van der Waals surface area contributed by atoms with Gasteiger partial charge in [-0.2, -0.15) is 0 Å². The van der Waals surface area contributed by atoms with E-state index in [4.69, 9.17) is 0 Å². The number of carbonyl (C=O) groups is 1. The van der Waals surface area contributed by atoms with E-state index in [1.165, 1.54) is 7.11 Å². The van der Waals surface area contributed by atoms with Crippen molar-refractivity contribution in [2.45, 2.75) is 20.3 Å². The maximum absolute atomic E-state index is 11.1. The van der Waals surface area contributed by atoms with Crippen LogP contribution in [0.2, 0.25) is 0 Å². The summed E-state index contributed by atoms with van der Waals surface area (Å²) in [5.41, 5.74) is 0. The first-order valence-corrected chi connectivity index (χ1v) is 4.48. The van der Waals surface area contributed by atoms with Crippen molar-refractivity contribution >= 4 is 6.09 Å². The fraction of sp³-hybridized carbons (Fsp3) is 0.889. The minimum Gasteiger partial charge on any atom is -0.453 e. The maximum atomic E-state index is 11.1. The summed E-state index contributed by atoms with van der Waals surface area (Å²) in [4.78, 5) is 12.9. The van der Waals surface area contributed by atoms with Gasteiger partial charge >= 0.3 is 6.09 Å². The summed E-state index contributed by atoms with van der Waals surface area (Å²) in [6, 6.07) is 0. The van der Waals surface area contributed by atoms with Gasteiger partial charge in [0, 0.05) is 13.1 Å². The van der Waals surface area contributed by atoms with E-state index in [0.717, 1.165) is 19.5 Å². The summed E-state index contributed by atoms with van der Waals surface area (Å²) < 4.78 is 4.65. The zero-order valence-electron chi connectivity index (χ0n) is 8.04. The van der Waals surface area contributed by atoms with Crippen LogP contribution >= 0.6 is 0 Å². The van der Waals surface area contributed by atoms with Crippen LogP contribution in [-0.4, -0.2) is 31.2 Å². The predicted molar refractivity (Wildman–Crippen MR) is 46.9 cm³/mol. The van der Waals surface area contributed by atoms with E-state index in [9.17, 15) is 4.79 Å². The van der Waals surface area contributed by atoms with Gasteiger partial charge in [0.05, 0.1) is 7.11 Å². The number of carbonyl (C=O) groups excluding carboxylic acids is 1. The van der Waals surface area contributed by atoms with E-state index in [0.29, 0.717) is 11.8 Å². The Hall–Kier alpha value is -0.730. The molecule has 0 unspecified atom stereocenters. The number of amides is 1. The molecule has 1 aliphatic heterocycles. The lowest BCUT2D eigenvalue weighted by molar-refractivity contribution is 0.130. The molecule has 1 fully saturated rings. The molecule has 0 aliphatic carbocycles. The average Bonchev–Trinajstić information content (AvgIpc) is 2.51. The highest BCUT2D eigenvalue weighted by Crippen LogP contribution is 2.23. The van der Waals surface area contributed by atoms with E-state index >= 15 is 0 Å². The molecule has 3 nitrogen and oxygen atoms in total. The SMILES string of the molecule is COC(=O)N1CC[C@@H](C(C)C)C1. The van der Waals surface area contributed by atoms with Gasteiger partial charge in [-0.1, -0.05) is 13.8 Å². The summed E-state index contributed by atoms with van der Waals surface area (Å²) in [5.74, 6) is 1.32. The molecule has 1 rings (SSSR count). The number of ether oxygens (including phenoxy) is 1. The second kappa shape index (κ2) is 3.78. The summed E-state index contributed by atoms with van der Waals surface area (Å²) in [7, 11) is 1.44. The van der Waals surface area contributed by atoms with Crippen molar-refractivity contribution < 1.29 is 9.53 Å². The molecule has 0 saturated carbocycles. The van der Waals surface area contributed by atoms with Gasteiger partial charge in [-0.25, -0.2) is 4.79 Å². The Balaban J connectivity index is 2.40. The van der Waals surface area contributed by atoms with Crippen molar-refractivity contribution in [3.63, 3.8) is 0 Å². The molecule has 1 heterocycles. The van der Waals surface area contributed by atoms with Crippen LogP contribution in [0, 0.1) is 11.8 Å². The first kappa shape index (κ1) is 9.36. The first-order chi connectivity index (χ1) is 5.65. The Labute approximate surface area is 73.7 Å². The molecule has 1 aliphatic rings. The zero-order chi connectivity index (χ0) is 9.14. The molecular weight excluding hydrogens is 154 g/mol. The fourth-order valence-corrected chi connectivity index (χ4v) is 1.63. The Morgan fingerprint density at radius 3 is 2.67 bits per heavy atom. The second-order valence-corrected chi connectivity index (χ2v) is 3.71. The van der Waals surface area contributed by atoms with Gasteiger partial charge in [0.15, 0.2) is 0 Å². The topological polar surface area (TPSA) is 29.5 Å². The summed E-state index contributed by atoms with van der Waals surface area (Å²) in [6.45, 7) is 6.12. The van der Waals surface area contributed by atoms with Crippen molar-refractivity contribution in [1.82, 2.24) is 4.90 Å². The molecule has 0 aromatic carbocycles. The lowest BCUT2D eigenvalue weighted by Gasteiger charge is -2.16. The highest BCUT2D eigenvalue weighted by Gasteiger charge is 2.28. The van der Waals surface area contributed by atoms with Crippen LogP contribution in [0.25, 0.3) is 0 Å². The predicted octanol–water partition coefficient (Wildman–Crippen LogP) is 1.73. The third-order valence-electron chi connectivity index (χ3n) is 2.60. The number of methoxy groups -OCH3 is 1. The van der Waals surface area contributed by atoms with Gasteiger partial charge in [0.1, 0.15) is 0 Å². The number of hydrogen-bond acceptors (Lipinski definition) is 2. The van der Waals surface area contributed by atoms with Crippen molar-refractivity contribution in [3.05, 3.63) is 0 Å². The molecule has 1 saturated heterocycles. The quantitative estimate of drug-likeness (QED) is 0.601. The number of likely N-dealkylation sites (tertiary alicyclic amines) is 1. The van der Waals surface area contributed by atoms with Crippen molar-refractivity contribution in [1.29, 1.82) is 0 Å². The van der Waals surface area contributed by atoms with E-state index in [1.54, 1.807) is 4.90 Å². The Morgan fingerprint density at radius 1 is 1.58 bits per heavy atom. The van der Waals surface area contributed by atoms with E-state index in [2.05, 4.69) is 18.6 Å². The minimum absolute atomic E-state index is 0.182. The van der Waals surface area contributed by atoms with E-state index < -0.39 is 0 Å². The summed E-state index contributed by atoms with van der Waals surface area (Å²) in [6.07, 6.45) is 0.936. The van der Waals surface area contributed by atoms with Gasteiger partial charge in [0.25, 0.3) is 0 Å². The van der Waals surface area contributed by atoms with Gasteiger partial charge in [-0.15, -0.1) is 0 Å². The van der Waals surface area contributed by atoms with Crippen LogP contribution in [0.5, 0.6) is 0 Å². The van der Waals surface area contributed by atoms with Gasteiger partial charge in [-0.3, -0.25) is 0 Å². The first-order valence-electron chi connectivity index (χ1n) is 4.48. The molecule has 0 radical (unpaired) electrons. The maximum Gasteiger partial charge on any atom is 0.409 e. The highest BCUT2D eigenvalue weighted by molar-refractivity contribution is 5.67. The molecular formula is C9H17NO2. The normalized spacial score (nSPS) is 23.3. The fourth-order valence-electron chi connectivity index (χ4n) is 1.63. The van der Waals surface area contributed by atoms with Crippen LogP contribution < -0.4 is 0 Å². The van der Waals surface area contributed by atoms with Gasteiger partial charge in [-0.05, 0) is 18.3 Å². The molecule has 3 heteroatoms. The molecule has 12 heavy (non-hydrogen) atoms. The minimum atomic E-state index is -0.182. The largest absolute Gasteiger partial charge is 0.453 e. The molecule has 0 aromatic heterocycles. The lowest BCUT2D eigenvalue weighted by Crippen LogP contribution is -2.28.